The highest BCUT2D eigenvalue weighted by Crippen LogP contribution is 2.14. The fourth-order valence-electron chi connectivity index (χ4n) is 3.85. The summed E-state index contributed by atoms with van der Waals surface area (Å²) in [4.78, 5) is 31.1. The number of carbonyl (C=O) groups is 1. The third-order valence-corrected chi connectivity index (χ3v) is 5.58. The molecule has 0 aliphatic rings. The van der Waals surface area contributed by atoms with E-state index in [1.807, 2.05) is 44.2 Å². The summed E-state index contributed by atoms with van der Waals surface area (Å²) in [5.74, 6) is -0.408. The highest BCUT2D eigenvalue weighted by atomic mass is 16.5. The number of amides is 1. The number of hydrogen-bond donors (Lipinski definition) is 2. The van der Waals surface area contributed by atoms with E-state index < -0.39 is 5.91 Å². The van der Waals surface area contributed by atoms with Crippen LogP contribution >= 0.6 is 0 Å². The summed E-state index contributed by atoms with van der Waals surface area (Å²) in [7, 11) is 0. The molecule has 1 atom stereocenters. The number of fused-ring (bicyclic) bond motifs is 2. The SMILES string of the molecule is CCOCCCn1c(=N)c(C(=O)N[C@H](C)c2ccccc2)cc2c(=O)n3ccccc3nc21. The molecule has 1 amide bonds. The van der Waals surface area contributed by atoms with Crippen LogP contribution in [0.2, 0.25) is 0 Å². The van der Waals surface area contributed by atoms with Gasteiger partial charge in [-0.1, -0.05) is 36.4 Å². The van der Waals surface area contributed by atoms with Crippen LogP contribution in [0, 0.1) is 5.41 Å². The second kappa shape index (κ2) is 9.79. The normalized spacial score (nSPS) is 12.2. The number of aryl methyl sites for hydroxylation is 1. The first-order chi connectivity index (χ1) is 16.0. The van der Waals surface area contributed by atoms with Crippen LogP contribution in [0.25, 0.3) is 16.7 Å². The lowest BCUT2D eigenvalue weighted by molar-refractivity contribution is 0.0937. The number of pyridine rings is 2. The number of ether oxygens (including phenoxy) is 1. The molecule has 3 aromatic heterocycles. The zero-order valence-corrected chi connectivity index (χ0v) is 18.7. The quantitative estimate of drug-likeness (QED) is 0.321. The molecule has 0 bridgehead atoms. The Hall–Kier alpha value is -3.78. The third-order valence-electron chi connectivity index (χ3n) is 5.58. The largest absolute Gasteiger partial charge is 0.382 e. The summed E-state index contributed by atoms with van der Waals surface area (Å²) >= 11 is 0. The predicted octanol–water partition coefficient (Wildman–Crippen LogP) is 3.05. The van der Waals surface area contributed by atoms with Gasteiger partial charge >= 0.3 is 0 Å². The summed E-state index contributed by atoms with van der Waals surface area (Å²) in [5, 5.41) is 12.0. The van der Waals surface area contributed by atoms with Gasteiger partial charge in [-0.05, 0) is 44.0 Å². The van der Waals surface area contributed by atoms with Crippen molar-refractivity contribution in [3.63, 3.8) is 0 Å². The van der Waals surface area contributed by atoms with Crippen LogP contribution in [0.15, 0.2) is 65.6 Å². The second-order valence-electron chi connectivity index (χ2n) is 7.80. The molecule has 0 fully saturated rings. The van der Waals surface area contributed by atoms with Crippen molar-refractivity contribution in [2.24, 2.45) is 0 Å². The molecule has 0 unspecified atom stereocenters. The van der Waals surface area contributed by atoms with Crippen molar-refractivity contribution >= 4 is 22.6 Å². The number of carbonyl (C=O) groups excluding carboxylic acids is 1. The van der Waals surface area contributed by atoms with E-state index in [2.05, 4.69) is 10.3 Å². The van der Waals surface area contributed by atoms with Gasteiger partial charge in [-0.15, -0.1) is 0 Å². The van der Waals surface area contributed by atoms with Crippen molar-refractivity contribution in [1.82, 2.24) is 19.3 Å². The molecule has 8 heteroatoms. The van der Waals surface area contributed by atoms with Crippen LogP contribution in [0.1, 0.15) is 42.2 Å². The first-order valence-electron chi connectivity index (χ1n) is 11.0. The van der Waals surface area contributed by atoms with Crippen molar-refractivity contribution in [3.05, 3.63) is 87.8 Å². The van der Waals surface area contributed by atoms with E-state index in [0.717, 1.165) is 5.56 Å². The predicted molar refractivity (Wildman–Crippen MR) is 126 cm³/mol. The number of nitrogens with one attached hydrogen (secondary N) is 2. The molecular weight excluding hydrogens is 418 g/mol. The lowest BCUT2D eigenvalue weighted by Crippen LogP contribution is -2.36. The number of aromatic nitrogens is 3. The van der Waals surface area contributed by atoms with Gasteiger partial charge in [0.25, 0.3) is 11.5 Å². The Morgan fingerprint density at radius 1 is 1.18 bits per heavy atom. The van der Waals surface area contributed by atoms with Crippen molar-refractivity contribution in [2.45, 2.75) is 32.9 Å². The van der Waals surface area contributed by atoms with E-state index in [4.69, 9.17) is 10.1 Å². The van der Waals surface area contributed by atoms with Crippen LogP contribution in [0.4, 0.5) is 0 Å². The van der Waals surface area contributed by atoms with Crippen LogP contribution in [0.3, 0.4) is 0 Å². The van der Waals surface area contributed by atoms with Gasteiger partial charge in [0, 0.05) is 26.0 Å². The summed E-state index contributed by atoms with van der Waals surface area (Å²) < 4.78 is 8.52. The lowest BCUT2D eigenvalue weighted by atomic mass is 10.1. The molecule has 8 nitrogen and oxygen atoms in total. The summed E-state index contributed by atoms with van der Waals surface area (Å²) in [5.41, 5.74) is 1.71. The van der Waals surface area contributed by atoms with Gasteiger partial charge in [0.15, 0.2) is 0 Å². The third kappa shape index (κ3) is 4.56. The van der Waals surface area contributed by atoms with Gasteiger partial charge in [0.05, 0.1) is 17.0 Å². The van der Waals surface area contributed by atoms with Crippen molar-refractivity contribution < 1.29 is 9.53 Å². The van der Waals surface area contributed by atoms with Crippen molar-refractivity contribution in [1.29, 1.82) is 5.41 Å². The minimum atomic E-state index is -0.408. The Balaban J connectivity index is 1.82. The minimum absolute atomic E-state index is 0.0175. The number of hydrogen-bond acceptors (Lipinski definition) is 5. The van der Waals surface area contributed by atoms with E-state index in [-0.39, 0.29) is 22.7 Å². The average molecular weight is 446 g/mol. The van der Waals surface area contributed by atoms with Crippen LogP contribution in [-0.2, 0) is 11.3 Å². The maximum Gasteiger partial charge on any atom is 0.267 e. The van der Waals surface area contributed by atoms with E-state index in [0.29, 0.717) is 42.9 Å². The van der Waals surface area contributed by atoms with Crippen LogP contribution < -0.4 is 16.4 Å². The highest BCUT2D eigenvalue weighted by molar-refractivity contribution is 5.97. The lowest BCUT2D eigenvalue weighted by Gasteiger charge is -2.17. The molecule has 0 spiro atoms. The van der Waals surface area contributed by atoms with E-state index in [9.17, 15) is 9.59 Å². The smallest absolute Gasteiger partial charge is 0.267 e. The van der Waals surface area contributed by atoms with Crippen LogP contribution in [-0.4, -0.2) is 33.1 Å². The maximum absolute atomic E-state index is 13.2. The highest BCUT2D eigenvalue weighted by Gasteiger charge is 2.19. The van der Waals surface area contributed by atoms with E-state index in [1.54, 1.807) is 29.0 Å². The molecule has 0 saturated carbocycles. The Bertz CT molecular complexity index is 1410. The molecule has 4 rings (SSSR count). The van der Waals surface area contributed by atoms with Gasteiger partial charge < -0.3 is 14.6 Å². The van der Waals surface area contributed by atoms with Crippen LogP contribution in [0.5, 0.6) is 0 Å². The maximum atomic E-state index is 13.2. The monoisotopic (exact) mass is 445 g/mol. The zero-order valence-electron chi connectivity index (χ0n) is 18.7. The molecular formula is C25H27N5O3. The molecule has 3 heterocycles. The Labute approximate surface area is 191 Å². The van der Waals surface area contributed by atoms with Gasteiger partial charge in [0.1, 0.15) is 16.8 Å². The summed E-state index contributed by atoms with van der Waals surface area (Å²) in [6.07, 6.45) is 2.27. The molecule has 4 aromatic rings. The molecule has 1 aromatic carbocycles. The fraction of sp³-hybridized carbons (Fsp3) is 0.280. The number of nitrogens with zero attached hydrogens (tertiary/aromatic N) is 3. The standard InChI is InChI=1S/C25H27N5O3/c1-3-33-15-9-14-30-22(26)19(24(31)27-17(2)18-10-5-4-6-11-18)16-20-23(30)28-21-12-7-8-13-29(21)25(20)32/h4-8,10-13,16-17,26H,3,9,14-15H2,1-2H3,(H,27,31)/t17-/m1/s1. The van der Waals surface area contributed by atoms with Gasteiger partial charge in [-0.25, -0.2) is 4.98 Å². The molecule has 2 N–H and O–H groups in total. The Morgan fingerprint density at radius 2 is 1.94 bits per heavy atom. The van der Waals surface area contributed by atoms with Crippen molar-refractivity contribution in [3.8, 4) is 0 Å². The average Bonchev–Trinajstić information content (AvgIpc) is 2.83. The van der Waals surface area contributed by atoms with Gasteiger partial charge in [0.2, 0.25) is 0 Å². The van der Waals surface area contributed by atoms with Gasteiger partial charge in [-0.3, -0.25) is 19.4 Å². The number of rotatable bonds is 8. The molecule has 0 radical (unpaired) electrons. The van der Waals surface area contributed by atoms with Crippen molar-refractivity contribution in [2.75, 3.05) is 13.2 Å². The molecule has 33 heavy (non-hydrogen) atoms. The fourth-order valence-corrected chi connectivity index (χ4v) is 3.85. The first kappa shape index (κ1) is 22.4. The topological polar surface area (TPSA) is 101 Å². The molecule has 0 aliphatic heterocycles. The first-order valence-corrected chi connectivity index (χ1v) is 11.0. The van der Waals surface area contributed by atoms with Gasteiger partial charge in [-0.2, -0.15) is 0 Å². The molecule has 0 saturated heterocycles. The zero-order chi connectivity index (χ0) is 23.4. The Morgan fingerprint density at radius 3 is 2.70 bits per heavy atom. The minimum Gasteiger partial charge on any atom is -0.382 e. The molecule has 0 aliphatic carbocycles. The number of benzene rings is 1. The summed E-state index contributed by atoms with van der Waals surface area (Å²) in [6, 6.07) is 16.1. The Kier molecular flexibility index (Phi) is 6.65. The molecule has 170 valence electrons. The van der Waals surface area contributed by atoms with E-state index >= 15 is 0 Å². The van der Waals surface area contributed by atoms with E-state index in [1.165, 1.54) is 10.5 Å². The summed E-state index contributed by atoms with van der Waals surface area (Å²) in [6.45, 7) is 5.33. The second-order valence-corrected chi connectivity index (χ2v) is 7.80.